The Hall–Kier alpha value is -2.76. The smallest absolute Gasteiger partial charge is 0.110 e. The minimum absolute atomic E-state index is 0.695. The fraction of sp³-hybridized carbons (Fsp3) is 0.174. The molecule has 0 unspecified atom stereocenters. The predicted molar refractivity (Wildman–Crippen MR) is 119 cm³/mol. The molecule has 144 valence electrons. The number of aromatic nitrogens is 4. The molecule has 5 rings (SSSR count). The number of benzene rings is 1. The highest BCUT2D eigenvalue weighted by molar-refractivity contribution is 7.13. The molecule has 0 amide bonds. The molecule has 0 saturated carbocycles. The zero-order valence-corrected chi connectivity index (χ0v) is 17.5. The Labute approximate surface area is 178 Å². The van der Waals surface area contributed by atoms with Crippen molar-refractivity contribution >= 4 is 33.5 Å². The van der Waals surface area contributed by atoms with Crippen molar-refractivity contribution in [3.8, 4) is 10.6 Å². The fourth-order valence-corrected chi connectivity index (χ4v) is 4.66. The molecule has 4 nitrogen and oxygen atoms in total. The number of halogens is 1. The van der Waals surface area contributed by atoms with Crippen LogP contribution in [0.2, 0.25) is 0 Å². The summed E-state index contributed by atoms with van der Waals surface area (Å²) in [5.74, 6) is 0. The molecule has 0 bridgehead atoms. The maximum absolute atomic E-state index is 6.78. The Morgan fingerprint density at radius 2 is 1.90 bits per heavy atom. The van der Waals surface area contributed by atoms with E-state index in [0.29, 0.717) is 6.54 Å². The molecule has 0 atom stereocenters. The molecule has 6 heteroatoms. The molecule has 4 aromatic rings. The molecule has 0 spiro atoms. The second-order valence-electron chi connectivity index (χ2n) is 7.25. The van der Waals surface area contributed by atoms with Crippen molar-refractivity contribution in [3.63, 3.8) is 0 Å². The van der Waals surface area contributed by atoms with E-state index in [9.17, 15) is 0 Å². The van der Waals surface area contributed by atoms with Crippen molar-refractivity contribution in [2.24, 2.45) is 0 Å². The van der Waals surface area contributed by atoms with E-state index in [1.54, 1.807) is 11.3 Å². The first-order valence-electron chi connectivity index (χ1n) is 9.56. The van der Waals surface area contributed by atoms with Gasteiger partial charge in [-0.2, -0.15) is 0 Å². The second-order valence-corrected chi connectivity index (χ2v) is 8.57. The summed E-state index contributed by atoms with van der Waals surface area (Å²) in [6, 6.07) is 16.7. The highest BCUT2D eigenvalue weighted by atomic mass is 35.5. The van der Waals surface area contributed by atoms with Crippen LogP contribution in [0.5, 0.6) is 0 Å². The molecule has 0 radical (unpaired) electrons. The van der Waals surface area contributed by atoms with Crippen molar-refractivity contribution in [3.05, 3.63) is 88.2 Å². The maximum atomic E-state index is 6.78. The molecule has 0 N–H and O–H groups in total. The van der Waals surface area contributed by atoms with Gasteiger partial charge < -0.3 is 0 Å². The number of thiophene rings is 1. The lowest BCUT2D eigenvalue weighted by atomic mass is 9.94. The van der Waals surface area contributed by atoms with Gasteiger partial charge in [-0.3, -0.25) is 4.98 Å². The van der Waals surface area contributed by atoms with Gasteiger partial charge in [0.2, 0.25) is 0 Å². The molecular weight excluding hydrogens is 400 g/mol. The van der Waals surface area contributed by atoms with Gasteiger partial charge in [0.1, 0.15) is 5.69 Å². The van der Waals surface area contributed by atoms with E-state index >= 15 is 0 Å². The predicted octanol–water partition coefficient (Wildman–Crippen LogP) is 5.81. The molecule has 0 fully saturated rings. The lowest BCUT2D eigenvalue weighted by Crippen LogP contribution is -2.05. The van der Waals surface area contributed by atoms with E-state index in [1.807, 2.05) is 23.0 Å². The molecular formula is C23H19ClN4S. The van der Waals surface area contributed by atoms with Gasteiger partial charge in [0.15, 0.2) is 0 Å². The zero-order chi connectivity index (χ0) is 19.8. The number of fused-ring (bicyclic) bond motifs is 1. The molecule has 1 aliphatic carbocycles. The number of aryl methyl sites for hydroxylation is 2. The maximum Gasteiger partial charge on any atom is 0.110 e. The van der Waals surface area contributed by atoms with E-state index < -0.39 is 0 Å². The van der Waals surface area contributed by atoms with Gasteiger partial charge in [0, 0.05) is 11.1 Å². The quantitative estimate of drug-likeness (QED) is 0.420. The summed E-state index contributed by atoms with van der Waals surface area (Å²) >= 11 is 8.48. The highest BCUT2D eigenvalue weighted by Crippen LogP contribution is 2.39. The Kier molecular flexibility index (Phi) is 4.78. The summed E-state index contributed by atoms with van der Waals surface area (Å²) in [6.07, 6.45) is 3.65. The van der Waals surface area contributed by atoms with Gasteiger partial charge in [-0.1, -0.05) is 52.7 Å². The standard InChI is InChI=1S/C23H19ClN4S/c1-15-4-6-16(7-5-15)13-28-14-21(26-27-28)18-8-10-19-17(23(18)24)9-11-20(25-19)22-3-2-12-29-22/h2-7,9,11-12,14H,8,10,13H2,1H3. The largest absolute Gasteiger partial charge is 0.251 e. The van der Waals surface area contributed by atoms with E-state index in [-0.39, 0.29) is 0 Å². The minimum Gasteiger partial charge on any atom is -0.251 e. The van der Waals surface area contributed by atoms with Crippen LogP contribution in [-0.2, 0) is 13.0 Å². The summed E-state index contributed by atoms with van der Waals surface area (Å²) in [4.78, 5) is 6.03. The lowest BCUT2D eigenvalue weighted by molar-refractivity contribution is 0.649. The van der Waals surface area contributed by atoms with Crippen molar-refractivity contribution in [1.82, 2.24) is 20.0 Å². The molecule has 0 saturated heterocycles. The lowest BCUT2D eigenvalue weighted by Gasteiger charge is -2.18. The first-order valence-corrected chi connectivity index (χ1v) is 10.8. The van der Waals surface area contributed by atoms with Gasteiger partial charge >= 0.3 is 0 Å². The van der Waals surface area contributed by atoms with E-state index in [2.05, 4.69) is 59.0 Å². The highest BCUT2D eigenvalue weighted by Gasteiger charge is 2.22. The first kappa shape index (κ1) is 18.3. The van der Waals surface area contributed by atoms with Gasteiger partial charge in [-0.25, -0.2) is 4.68 Å². The van der Waals surface area contributed by atoms with Crippen molar-refractivity contribution in [2.45, 2.75) is 26.3 Å². The third-order valence-electron chi connectivity index (χ3n) is 5.17. The van der Waals surface area contributed by atoms with Gasteiger partial charge in [-0.05, 0) is 48.9 Å². The summed E-state index contributed by atoms with van der Waals surface area (Å²) in [7, 11) is 0. The average Bonchev–Trinajstić information content (AvgIpc) is 3.42. The molecule has 1 aromatic carbocycles. The van der Waals surface area contributed by atoms with Crippen LogP contribution in [0, 0.1) is 6.92 Å². The van der Waals surface area contributed by atoms with Crippen LogP contribution in [0.25, 0.3) is 21.2 Å². The van der Waals surface area contributed by atoms with Gasteiger partial charge in [0.25, 0.3) is 0 Å². The van der Waals surface area contributed by atoms with E-state index in [1.165, 1.54) is 16.0 Å². The summed E-state index contributed by atoms with van der Waals surface area (Å²) in [5.41, 5.74) is 7.40. The normalized spacial score (nSPS) is 13.6. The van der Waals surface area contributed by atoms with Gasteiger partial charge in [0.05, 0.1) is 34.0 Å². The number of pyridine rings is 1. The van der Waals surface area contributed by atoms with Crippen LogP contribution in [0.1, 0.15) is 34.5 Å². The van der Waals surface area contributed by atoms with Crippen LogP contribution in [0.4, 0.5) is 0 Å². The topological polar surface area (TPSA) is 43.6 Å². The van der Waals surface area contributed by atoms with Crippen LogP contribution in [0.3, 0.4) is 0 Å². The molecule has 0 aliphatic heterocycles. The monoisotopic (exact) mass is 418 g/mol. The number of nitrogens with zero attached hydrogens (tertiary/aromatic N) is 4. The zero-order valence-electron chi connectivity index (χ0n) is 16.0. The summed E-state index contributed by atoms with van der Waals surface area (Å²) < 4.78 is 1.87. The van der Waals surface area contributed by atoms with Gasteiger partial charge in [-0.15, -0.1) is 16.4 Å². The fourth-order valence-electron chi connectivity index (χ4n) is 3.60. The molecule has 3 aromatic heterocycles. The molecule has 1 aliphatic rings. The average molecular weight is 419 g/mol. The minimum atomic E-state index is 0.695. The SMILES string of the molecule is Cc1ccc(Cn2cc(C3=C(Cl)c4ccc(-c5cccs5)nc4CC3)nn2)cc1. The van der Waals surface area contributed by atoms with Crippen molar-refractivity contribution in [2.75, 3.05) is 0 Å². The Morgan fingerprint density at radius 1 is 1.03 bits per heavy atom. The summed E-state index contributed by atoms with van der Waals surface area (Å²) in [5, 5.41) is 11.5. The third kappa shape index (κ3) is 3.63. The molecule has 29 heavy (non-hydrogen) atoms. The van der Waals surface area contributed by atoms with Crippen LogP contribution in [-0.4, -0.2) is 20.0 Å². The van der Waals surface area contributed by atoms with Crippen molar-refractivity contribution in [1.29, 1.82) is 0 Å². The number of hydrogen-bond donors (Lipinski definition) is 0. The van der Waals surface area contributed by atoms with Crippen molar-refractivity contribution < 1.29 is 0 Å². The first-order chi connectivity index (χ1) is 14.2. The van der Waals surface area contributed by atoms with E-state index in [0.717, 1.165) is 46.1 Å². The van der Waals surface area contributed by atoms with E-state index in [4.69, 9.17) is 16.6 Å². The third-order valence-corrected chi connectivity index (χ3v) is 6.50. The summed E-state index contributed by atoms with van der Waals surface area (Å²) in [6.45, 7) is 2.78. The molecule has 3 heterocycles. The number of rotatable bonds is 4. The Bertz CT molecular complexity index is 1190. The van der Waals surface area contributed by atoms with Crippen LogP contribution in [0.15, 0.2) is 60.1 Å². The van der Waals surface area contributed by atoms with Crippen LogP contribution < -0.4 is 0 Å². The Morgan fingerprint density at radius 3 is 2.69 bits per heavy atom. The number of allylic oxidation sites excluding steroid dienone is 1. The number of hydrogen-bond acceptors (Lipinski definition) is 4. The second kappa shape index (κ2) is 7.58. The Balaban J connectivity index is 1.42. The van der Waals surface area contributed by atoms with Crippen LogP contribution >= 0.6 is 22.9 Å².